The fourth-order valence-corrected chi connectivity index (χ4v) is 5.42. The molecule has 0 aliphatic heterocycles. The maximum absolute atomic E-state index is 12.6. The average molecular weight is 393 g/mol. The van der Waals surface area contributed by atoms with Crippen LogP contribution in [0, 0.1) is 5.92 Å². The standard InChI is InChI=1S/C19H24N2O3S2/c1-13-8-9-16-15(10-13)11-17(25-16)19(22)20-12-14-6-4-5-7-18(14)26(23,24)21(2)3/h4-7,11,13H,8-10,12H2,1-3H3,(H,20,22). The zero-order valence-electron chi connectivity index (χ0n) is 15.3. The molecule has 26 heavy (non-hydrogen) atoms. The molecule has 2 aromatic rings. The molecule has 1 heterocycles. The van der Waals surface area contributed by atoms with E-state index in [-0.39, 0.29) is 17.3 Å². The minimum absolute atomic E-state index is 0.144. The van der Waals surface area contributed by atoms with Crippen LogP contribution in [0.3, 0.4) is 0 Å². The van der Waals surface area contributed by atoms with Gasteiger partial charge in [0.25, 0.3) is 5.91 Å². The molecule has 3 rings (SSSR count). The summed E-state index contributed by atoms with van der Waals surface area (Å²) in [6.07, 6.45) is 3.24. The molecule has 0 spiro atoms. The van der Waals surface area contributed by atoms with Gasteiger partial charge in [-0.05, 0) is 48.4 Å². The Kier molecular flexibility index (Phi) is 5.50. The van der Waals surface area contributed by atoms with Gasteiger partial charge in [-0.1, -0.05) is 25.1 Å². The van der Waals surface area contributed by atoms with Gasteiger partial charge in [0, 0.05) is 25.5 Å². The smallest absolute Gasteiger partial charge is 0.261 e. The Morgan fingerprint density at radius 1 is 1.31 bits per heavy atom. The number of aryl methyl sites for hydroxylation is 1. The molecule has 1 aromatic carbocycles. The van der Waals surface area contributed by atoms with Gasteiger partial charge in [-0.2, -0.15) is 0 Å². The van der Waals surface area contributed by atoms with Crippen molar-refractivity contribution >= 4 is 27.3 Å². The number of fused-ring (bicyclic) bond motifs is 1. The maximum Gasteiger partial charge on any atom is 0.261 e. The van der Waals surface area contributed by atoms with Gasteiger partial charge in [0.05, 0.1) is 9.77 Å². The van der Waals surface area contributed by atoms with E-state index in [1.54, 1.807) is 35.6 Å². The number of thiophene rings is 1. The van der Waals surface area contributed by atoms with Crippen LogP contribution in [0.15, 0.2) is 35.2 Å². The molecule has 5 nitrogen and oxygen atoms in total. The van der Waals surface area contributed by atoms with Crippen LogP contribution in [-0.4, -0.2) is 32.7 Å². The van der Waals surface area contributed by atoms with Crippen molar-refractivity contribution in [3.8, 4) is 0 Å². The highest BCUT2D eigenvalue weighted by molar-refractivity contribution is 7.89. The van der Waals surface area contributed by atoms with E-state index in [1.165, 1.54) is 35.3 Å². The Labute approximate surface area is 159 Å². The van der Waals surface area contributed by atoms with Crippen LogP contribution in [0.2, 0.25) is 0 Å². The second kappa shape index (κ2) is 7.50. The number of hydrogen-bond acceptors (Lipinski definition) is 4. The summed E-state index contributed by atoms with van der Waals surface area (Å²) in [6, 6.07) is 8.77. The van der Waals surface area contributed by atoms with Crippen molar-refractivity contribution in [1.29, 1.82) is 0 Å². The molecule has 0 saturated heterocycles. The molecule has 1 aromatic heterocycles. The molecular weight excluding hydrogens is 368 g/mol. The van der Waals surface area contributed by atoms with Gasteiger partial charge >= 0.3 is 0 Å². The quantitative estimate of drug-likeness (QED) is 0.850. The Morgan fingerprint density at radius 3 is 2.77 bits per heavy atom. The van der Waals surface area contributed by atoms with Crippen LogP contribution < -0.4 is 5.32 Å². The van der Waals surface area contributed by atoms with Crippen molar-refractivity contribution in [3.63, 3.8) is 0 Å². The van der Waals surface area contributed by atoms with E-state index in [4.69, 9.17) is 0 Å². The lowest BCUT2D eigenvalue weighted by Gasteiger charge is -2.16. The molecule has 0 radical (unpaired) electrons. The molecule has 0 saturated carbocycles. The summed E-state index contributed by atoms with van der Waals surface area (Å²) >= 11 is 1.56. The Morgan fingerprint density at radius 2 is 2.04 bits per heavy atom. The fraction of sp³-hybridized carbons (Fsp3) is 0.421. The highest BCUT2D eigenvalue weighted by atomic mass is 32.2. The van der Waals surface area contributed by atoms with E-state index in [0.717, 1.165) is 12.8 Å². The molecule has 1 amide bonds. The molecule has 0 fully saturated rings. The highest BCUT2D eigenvalue weighted by Gasteiger charge is 2.23. The minimum atomic E-state index is -3.54. The topological polar surface area (TPSA) is 66.5 Å². The van der Waals surface area contributed by atoms with Crippen LogP contribution >= 0.6 is 11.3 Å². The lowest BCUT2D eigenvalue weighted by molar-refractivity contribution is 0.0954. The van der Waals surface area contributed by atoms with Gasteiger partial charge in [-0.25, -0.2) is 12.7 Å². The van der Waals surface area contributed by atoms with Crippen LogP contribution in [0.1, 0.15) is 39.0 Å². The minimum Gasteiger partial charge on any atom is -0.347 e. The third kappa shape index (κ3) is 3.84. The van der Waals surface area contributed by atoms with Crippen LogP contribution in [0.5, 0.6) is 0 Å². The molecular formula is C19H24N2O3S2. The summed E-state index contributed by atoms with van der Waals surface area (Å²) < 4.78 is 26.1. The number of hydrogen-bond donors (Lipinski definition) is 1. The van der Waals surface area contributed by atoms with Gasteiger partial charge in [-0.15, -0.1) is 11.3 Å². The Hall–Kier alpha value is -1.70. The summed E-state index contributed by atoms with van der Waals surface area (Å²) in [5.41, 5.74) is 1.87. The first-order valence-electron chi connectivity index (χ1n) is 8.69. The van der Waals surface area contributed by atoms with Gasteiger partial charge < -0.3 is 5.32 Å². The lowest BCUT2D eigenvalue weighted by atomic mass is 9.90. The van der Waals surface area contributed by atoms with Crippen molar-refractivity contribution < 1.29 is 13.2 Å². The number of nitrogens with one attached hydrogen (secondary N) is 1. The predicted octanol–water partition coefficient (Wildman–Crippen LogP) is 3.05. The molecule has 1 atom stereocenters. The van der Waals surface area contributed by atoms with Crippen molar-refractivity contribution in [3.05, 3.63) is 51.2 Å². The molecule has 7 heteroatoms. The highest BCUT2D eigenvalue weighted by Crippen LogP contribution is 2.32. The van der Waals surface area contributed by atoms with Crippen molar-refractivity contribution in [2.75, 3.05) is 14.1 Å². The van der Waals surface area contributed by atoms with Crippen molar-refractivity contribution in [1.82, 2.24) is 9.62 Å². The largest absolute Gasteiger partial charge is 0.347 e. The molecule has 0 bridgehead atoms. The fourth-order valence-electron chi connectivity index (χ4n) is 3.18. The van der Waals surface area contributed by atoms with E-state index >= 15 is 0 Å². The van der Waals surface area contributed by atoms with E-state index in [2.05, 4.69) is 12.2 Å². The van der Waals surface area contributed by atoms with Crippen LogP contribution in [0.25, 0.3) is 0 Å². The molecule has 140 valence electrons. The third-order valence-electron chi connectivity index (χ3n) is 4.72. The van der Waals surface area contributed by atoms with Gasteiger partial charge in [0.1, 0.15) is 0 Å². The lowest BCUT2D eigenvalue weighted by Crippen LogP contribution is -2.26. The number of rotatable bonds is 5. The first-order valence-corrected chi connectivity index (χ1v) is 10.9. The van der Waals surface area contributed by atoms with Gasteiger partial charge in [0.15, 0.2) is 0 Å². The molecule has 1 aliphatic carbocycles. The number of nitrogens with zero attached hydrogens (tertiary/aromatic N) is 1. The third-order valence-corrected chi connectivity index (χ3v) is 7.88. The Bertz CT molecular complexity index is 917. The number of carbonyl (C=O) groups is 1. The SMILES string of the molecule is CC1CCc2sc(C(=O)NCc3ccccc3S(=O)(=O)N(C)C)cc2C1. The summed E-state index contributed by atoms with van der Waals surface area (Å²) in [5.74, 6) is 0.519. The monoisotopic (exact) mass is 392 g/mol. The number of benzene rings is 1. The Balaban J connectivity index is 1.75. The zero-order chi connectivity index (χ0) is 18.9. The second-order valence-corrected chi connectivity index (χ2v) is 10.2. The van der Waals surface area contributed by atoms with Gasteiger partial charge in [0.2, 0.25) is 10.0 Å². The first kappa shape index (κ1) is 19.1. The number of amides is 1. The summed E-state index contributed by atoms with van der Waals surface area (Å²) in [5, 5.41) is 2.88. The normalized spacial score (nSPS) is 17.2. The summed E-state index contributed by atoms with van der Waals surface area (Å²) in [6.45, 7) is 2.42. The first-order chi connectivity index (χ1) is 12.3. The van der Waals surface area contributed by atoms with Crippen molar-refractivity contribution in [2.24, 2.45) is 5.92 Å². The molecule has 1 N–H and O–H groups in total. The predicted molar refractivity (Wildman–Crippen MR) is 104 cm³/mol. The van der Waals surface area contributed by atoms with E-state index in [1.807, 2.05) is 6.07 Å². The van der Waals surface area contributed by atoms with E-state index in [9.17, 15) is 13.2 Å². The van der Waals surface area contributed by atoms with Crippen LogP contribution in [-0.2, 0) is 29.4 Å². The average Bonchev–Trinajstić information content (AvgIpc) is 3.03. The van der Waals surface area contributed by atoms with E-state index in [0.29, 0.717) is 16.4 Å². The number of sulfonamides is 1. The maximum atomic E-state index is 12.6. The van der Waals surface area contributed by atoms with Crippen LogP contribution in [0.4, 0.5) is 0 Å². The van der Waals surface area contributed by atoms with E-state index < -0.39 is 10.0 Å². The van der Waals surface area contributed by atoms with Gasteiger partial charge in [-0.3, -0.25) is 4.79 Å². The molecule has 1 unspecified atom stereocenters. The summed E-state index contributed by atoms with van der Waals surface area (Å²) in [4.78, 5) is 14.8. The summed E-state index contributed by atoms with van der Waals surface area (Å²) in [7, 11) is -0.540. The molecule has 1 aliphatic rings. The zero-order valence-corrected chi connectivity index (χ0v) is 16.9. The number of carbonyl (C=O) groups excluding carboxylic acids is 1. The second-order valence-electron chi connectivity index (χ2n) is 6.98. The van der Waals surface area contributed by atoms with Crippen molar-refractivity contribution in [2.45, 2.75) is 37.6 Å².